The van der Waals surface area contributed by atoms with E-state index in [9.17, 15) is 0 Å². The third-order valence-electron chi connectivity index (χ3n) is 2.26. The van der Waals surface area contributed by atoms with Crippen molar-refractivity contribution in [2.24, 2.45) is 5.73 Å². The Bertz CT molecular complexity index is 282. The summed E-state index contributed by atoms with van der Waals surface area (Å²) in [6.07, 6.45) is 2.60. The highest BCUT2D eigenvalue weighted by Gasteiger charge is 2.16. The largest absolute Gasteiger partial charge is 0.379 e. The van der Waals surface area contributed by atoms with Crippen molar-refractivity contribution in [3.8, 4) is 0 Å². The summed E-state index contributed by atoms with van der Waals surface area (Å²) in [7, 11) is 1.71. The van der Waals surface area contributed by atoms with Gasteiger partial charge in [0.2, 0.25) is 0 Å². The normalized spacial score (nSPS) is 12.0. The summed E-state index contributed by atoms with van der Waals surface area (Å²) in [5, 5.41) is 4.19. The zero-order valence-electron chi connectivity index (χ0n) is 9.03. The molecular weight excluding hydrogens is 180 g/mol. The molecule has 0 saturated carbocycles. The molecule has 1 heterocycles. The zero-order chi connectivity index (χ0) is 10.6. The van der Waals surface area contributed by atoms with Gasteiger partial charge < -0.3 is 10.5 Å². The minimum atomic E-state index is -0.116. The topological polar surface area (TPSA) is 66.0 Å². The van der Waals surface area contributed by atoms with Gasteiger partial charge in [-0.2, -0.15) is 5.10 Å². The quantitative estimate of drug-likeness (QED) is 0.750. The van der Waals surface area contributed by atoms with Crippen LogP contribution in [0, 0.1) is 0 Å². The first-order valence-electron chi connectivity index (χ1n) is 4.71. The lowest BCUT2D eigenvalue weighted by Crippen LogP contribution is -2.24. The molecular formula is C9H18N4O. The fraction of sp³-hybridized carbons (Fsp3) is 0.778. The standard InChI is InChI=1S/C9H18N4O/c1-9(2,14-3)4-5-13-7-11-8(6-10)12-13/h7H,4-6,10H2,1-3H3. The van der Waals surface area contributed by atoms with Crippen LogP contribution < -0.4 is 5.73 Å². The lowest BCUT2D eigenvalue weighted by molar-refractivity contribution is 0.0113. The van der Waals surface area contributed by atoms with Crippen LogP contribution in [0.5, 0.6) is 0 Å². The van der Waals surface area contributed by atoms with E-state index in [4.69, 9.17) is 10.5 Å². The molecule has 0 aliphatic carbocycles. The zero-order valence-corrected chi connectivity index (χ0v) is 9.03. The Hall–Kier alpha value is -0.940. The van der Waals surface area contributed by atoms with Gasteiger partial charge in [0.25, 0.3) is 0 Å². The van der Waals surface area contributed by atoms with Gasteiger partial charge in [-0.1, -0.05) is 0 Å². The smallest absolute Gasteiger partial charge is 0.164 e. The molecule has 14 heavy (non-hydrogen) atoms. The highest BCUT2D eigenvalue weighted by Crippen LogP contribution is 2.13. The number of rotatable bonds is 5. The van der Waals surface area contributed by atoms with Crippen molar-refractivity contribution in [1.29, 1.82) is 0 Å². The molecule has 0 aromatic carbocycles. The lowest BCUT2D eigenvalue weighted by Gasteiger charge is -2.22. The summed E-state index contributed by atoms with van der Waals surface area (Å²) >= 11 is 0. The van der Waals surface area contributed by atoms with E-state index < -0.39 is 0 Å². The van der Waals surface area contributed by atoms with Crippen LogP contribution in [0.4, 0.5) is 0 Å². The van der Waals surface area contributed by atoms with Gasteiger partial charge in [-0.15, -0.1) is 0 Å². The molecule has 0 radical (unpaired) electrons. The number of aryl methyl sites for hydroxylation is 1. The highest BCUT2D eigenvalue weighted by molar-refractivity contribution is 4.79. The molecule has 1 aromatic heterocycles. The van der Waals surface area contributed by atoms with E-state index in [1.807, 2.05) is 13.8 Å². The van der Waals surface area contributed by atoms with Crippen LogP contribution in [0.3, 0.4) is 0 Å². The Morgan fingerprint density at radius 3 is 2.79 bits per heavy atom. The van der Waals surface area contributed by atoms with Crippen molar-refractivity contribution in [1.82, 2.24) is 14.8 Å². The highest BCUT2D eigenvalue weighted by atomic mass is 16.5. The third-order valence-corrected chi connectivity index (χ3v) is 2.26. The van der Waals surface area contributed by atoms with Gasteiger partial charge in [0.1, 0.15) is 6.33 Å². The molecule has 5 heteroatoms. The summed E-state index contributed by atoms with van der Waals surface area (Å²) in [4.78, 5) is 4.05. The summed E-state index contributed by atoms with van der Waals surface area (Å²) in [6.45, 7) is 5.29. The molecule has 1 rings (SSSR count). The van der Waals surface area contributed by atoms with Crippen molar-refractivity contribution >= 4 is 0 Å². The second kappa shape index (κ2) is 4.52. The van der Waals surface area contributed by atoms with Crippen LogP contribution in [0.15, 0.2) is 6.33 Å². The Morgan fingerprint density at radius 1 is 1.57 bits per heavy atom. The van der Waals surface area contributed by atoms with E-state index in [0.29, 0.717) is 12.4 Å². The molecule has 0 aliphatic heterocycles. The Labute approximate surface area is 84.3 Å². The van der Waals surface area contributed by atoms with Crippen molar-refractivity contribution in [3.05, 3.63) is 12.2 Å². The Balaban J connectivity index is 2.45. The first-order chi connectivity index (χ1) is 6.57. The van der Waals surface area contributed by atoms with Crippen molar-refractivity contribution in [2.75, 3.05) is 7.11 Å². The van der Waals surface area contributed by atoms with Crippen molar-refractivity contribution < 1.29 is 4.74 Å². The summed E-state index contributed by atoms with van der Waals surface area (Å²) < 4.78 is 7.10. The molecule has 1 aromatic rings. The molecule has 0 bridgehead atoms. The van der Waals surface area contributed by atoms with Gasteiger partial charge in [-0.3, -0.25) is 4.68 Å². The molecule has 0 aliphatic rings. The van der Waals surface area contributed by atoms with Crippen LogP contribution in [-0.4, -0.2) is 27.5 Å². The van der Waals surface area contributed by atoms with Crippen LogP contribution in [-0.2, 0) is 17.8 Å². The predicted molar refractivity (Wildman–Crippen MR) is 53.6 cm³/mol. The molecule has 0 unspecified atom stereocenters. The molecule has 0 amide bonds. The SMILES string of the molecule is COC(C)(C)CCn1cnc(CN)n1. The summed E-state index contributed by atoms with van der Waals surface area (Å²) in [5.74, 6) is 0.681. The van der Waals surface area contributed by atoms with Crippen LogP contribution in [0.25, 0.3) is 0 Å². The van der Waals surface area contributed by atoms with Crippen LogP contribution in [0.1, 0.15) is 26.1 Å². The average molecular weight is 198 g/mol. The molecule has 0 spiro atoms. The molecule has 80 valence electrons. The number of hydrogen-bond acceptors (Lipinski definition) is 4. The maximum atomic E-state index is 5.41. The fourth-order valence-electron chi connectivity index (χ4n) is 1.02. The number of hydrogen-bond donors (Lipinski definition) is 1. The number of nitrogens with zero attached hydrogens (tertiary/aromatic N) is 3. The molecule has 0 saturated heterocycles. The van der Waals surface area contributed by atoms with E-state index in [1.165, 1.54) is 0 Å². The second-order valence-electron chi connectivity index (χ2n) is 3.84. The minimum Gasteiger partial charge on any atom is -0.379 e. The average Bonchev–Trinajstić information content (AvgIpc) is 2.63. The summed E-state index contributed by atoms with van der Waals surface area (Å²) in [5.41, 5.74) is 5.29. The second-order valence-corrected chi connectivity index (χ2v) is 3.84. The van der Waals surface area contributed by atoms with E-state index in [1.54, 1.807) is 18.1 Å². The Kier molecular flexibility index (Phi) is 3.60. The third kappa shape index (κ3) is 3.08. The first-order valence-corrected chi connectivity index (χ1v) is 4.71. The van der Waals surface area contributed by atoms with Gasteiger partial charge in [-0.05, 0) is 20.3 Å². The molecule has 2 N–H and O–H groups in total. The minimum absolute atomic E-state index is 0.116. The van der Waals surface area contributed by atoms with Gasteiger partial charge in [0.05, 0.1) is 12.1 Å². The molecule has 0 fully saturated rings. The van der Waals surface area contributed by atoms with Crippen molar-refractivity contribution in [3.63, 3.8) is 0 Å². The fourth-order valence-corrected chi connectivity index (χ4v) is 1.02. The van der Waals surface area contributed by atoms with Gasteiger partial charge in [0, 0.05) is 13.7 Å². The van der Waals surface area contributed by atoms with Crippen LogP contribution in [0.2, 0.25) is 0 Å². The maximum Gasteiger partial charge on any atom is 0.164 e. The number of nitrogens with two attached hydrogens (primary N) is 1. The van der Waals surface area contributed by atoms with E-state index in [0.717, 1.165) is 13.0 Å². The van der Waals surface area contributed by atoms with Crippen molar-refractivity contribution in [2.45, 2.75) is 39.0 Å². The number of aromatic nitrogens is 3. The number of ether oxygens (including phenoxy) is 1. The van der Waals surface area contributed by atoms with Gasteiger partial charge in [0.15, 0.2) is 5.82 Å². The Morgan fingerprint density at radius 2 is 2.29 bits per heavy atom. The maximum absolute atomic E-state index is 5.41. The lowest BCUT2D eigenvalue weighted by atomic mass is 10.1. The molecule has 0 atom stereocenters. The number of methoxy groups -OCH3 is 1. The van der Waals surface area contributed by atoms with E-state index >= 15 is 0 Å². The monoisotopic (exact) mass is 198 g/mol. The summed E-state index contributed by atoms with van der Waals surface area (Å²) in [6, 6.07) is 0. The predicted octanol–water partition coefficient (Wildman–Crippen LogP) is 0.552. The van der Waals surface area contributed by atoms with Gasteiger partial charge in [-0.25, -0.2) is 4.98 Å². The first kappa shape index (κ1) is 11.1. The van der Waals surface area contributed by atoms with Crippen LogP contribution >= 0.6 is 0 Å². The van der Waals surface area contributed by atoms with Gasteiger partial charge >= 0.3 is 0 Å². The van der Waals surface area contributed by atoms with E-state index in [-0.39, 0.29) is 5.60 Å². The van der Waals surface area contributed by atoms with E-state index in [2.05, 4.69) is 10.1 Å². The molecule has 5 nitrogen and oxygen atoms in total.